The summed E-state index contributed by atoms with van der Waals surface area (Å²) < 4.78 is 0. The molecule has 0 amide bonds. The molecule has 3 heteroatoms. The van der Waals surface area contributed by atoms with Crippen LogP contribution in [0.2, 0.25) is 33.2 Å². The summed E-state index contributed by atoms with van der Waals surface area (Å²) in [5.74, 6) is 3.45. The Labute approximate surface area is 228 Å². The Bertz CT molecular complexity index is 756. The van der Waals surface area contributed by atoms with Gasteiger partial charge >= 0.3 is 0 Å². The maximum absolute atomic E-state index is 11.9. The van der Waals surface area contributed by atoms with Crippen molar-refractivity contribution in [2.24, 2.45) is 0 Å². The van der Waals surface area contributed by atoms with Gasteiger partial charge in [-0.05, 0) is 51.8 Å². The summed E-state index contributed by atoms with van der Waals surface area (Å²) in [6.45, 7) is 30.3. The molecule has 0 aromatic heterocycles. The molecule has 0 saturated heterocycles. The highest BCUT2D eigenvalue weighted by Gasteiger charge is 2.43. The smallest absolute Gasteiger partial charge is 0.162 e. The lowest BCUT2D eigenvalue weighted by Crippen LogP contribution is -2.44. The first kappa shape index (κ1) is 34.9. The molecular weight excluding hydrogens is 469 g/mol. The Morgan fingerprint density at radius 3 is 1.56 bits per heavy atom. The van der Waals surface area contributed by atoms with Crippen molar-refractivity contribution in [2.45, 2.75) is 148 Å². The first-order valence-corrected chi connectivity index (χ1v) is 19.2. The van der Waals surface area contributed by atoms with Gasteiger partial charge in [-0.1, -0.05) is 145 Å². The van der Waals surface area contributed by atoms with E-state index in [4.69, 9.17) is 0 Å². The van der Waals surface area contributed by atoms with Crippen LogP contribution in [0.3, 0.4) is 0 Å². The second kappa shape index (κ2) is 16.0. The van der Waals surface area contributed by atoms with E-state index in [2.05, 4.69) is 125 Å². The van der Waals surface area contributed by atoms with E-state index in [9.17, 15) is 5.11 Å². The van der Waals surface area contributed by atoms with E-state index in [0.717, 1.165) is 6.42 Å². The highest BCUT2D eigenvalue weighted by Crippen LogP contribution is 2.43. The molecule has 0 bridgehead atoms. The minimum absolute atomic E-state index is 0.533. The number of rotatable bonds is 14. The van der Waals surface area contributed by atoms with Gasteiger partial charge in [0.05, 0.1) is 8.07 Å². The predicted octanol–water partition coefficient (Wildman–Crippen LogP) is 10.6. The fourth-order valence-corrected chi connectivity index (χ4v) is 17.4. The lowest BCUT2D eigenvalue weighted by atomic mass is 10.1. The van der Waals surface area contributed by atoms with Crippen molar-refractivity contribution in [3.63, 3.8) is 0 Å². The summed E-state index contributed by atoms with van der Waals surface area (Å²) in [7, 11) is -3.77. The topological polar surface area (TPSA) is 20.2 Å². The molecule has 0 aliphatic rings. The third-order valence-electron chi connectivity index (χ3n) is 8.52. The molecule has 1 nitrogen and oxygen atoms in total. The summed E-state index contributed by atoms with van der Waals surface area (Å²) in [5.41, 5.74) is 8.33. The van der Waals surface area contributed by atoms with Crippen molar-refractivity contribution in [3.8, 4) is 11.5 Å². The van der Waals surface area contributed by atoms with Crippen LogP contribution < -0.4 is 0 Å². The number of aliphatic hydroxyl groups is 1. The van der Waals surface area contributed by atoms with Crippen LogP contribution in [0.1, 0.15) is 109 Å². The molecule has 36 heavy (non-hydrogen) atoms. The highest BCUT2D eigenvalue weighted by atomic mass is 28.3. The van der Waals surface area contributed by atoms with Gasteiger partial charge in [0.25, 0.3) is 0 Å². The molecule has 1 N–H and O–H groups in total. The monoisotopic (exact) mass is 528 g/mol. The van der Waals surface area contributed by atoms with Crippen LogP contribution in [-0.4, -0.2) is 26.9 Å². The van der Waals surface area contributed by atoms with Crippen molar-refractivity contribution in [1.82, 2.24) is 0 Å². The molecule has 206 valence electrons. The maximum Gasteiger partial charge on any atom is 0.162 e. The summed E-state index contributed by atoms with van der Waals surface area (Å²) in [4.78, 5) is 0. The van der Waals surface area contributed by atoms with Crippen LogP contribution in [0, 0.1) is 11.5 Å². The average Bonchev–Trinajstić information content (AvgIpc) is 2.75. The Hall–Kier alpha value is -1.09. The Morgan fingerprint density at radius 1 is 0.667 bits per heavy atom. The molecule has 1 unspecified atom stereocenters. The van der Waals surface area contributed by atoms with Crippen LogP contribution in [0.5, 0.6) is 0 Å². The van der Waals surface area contributed by atoms with Gasteiger partial charge in [0.15, 0.2) is 5.60 Å². The van der Waals surface area contributed by atoms with Crippen LogP contribution in [0.25, 0.3) is 0 Å². The van der Waals surface area contributed by atoms with E-state index in [-0.39, 0.29) is 0 Å². The lowest BCUT2D eigenvalue weighted by molar-refractivity contribution is 0.204. The summed E-state index contributed by atoms with van der Waals surface area (Å²) >= 11 is 0. The first-order valence-electron chi connectivity index (χ1n) is 14.6. The number of hydrogen-bond acceptors (Lipinski definition) is 1. The first-order chi connectivity index (χ1) is 16.6. The standard InChI is InChI=1S/C33H60OSi2/c1-14-15-16-17-18-19-20-21-22-33(34,23-25-35(27(2)3,28(4)5)29(6)7)24-26-36(30(8)9,31(10)11)32(12)13/h17-23,25,27-32,34H,14-16H2,1-13H3/b18-17+,20-19+,22-21+,25-23+. The molecule has 0 spiro atoms. The third-order valence-corrected chi connectivity index (χ3v) is 21.5. The zero-order valence-corrected chi connectivity index (χ0v) is 28.2. The molecule has 0 fully saturated rings. The third kappa shape index (κ3) is 9.34. The van der Waals surface area contributed by atoms with Gasteiger partial charge in [-0.3, -0.25) is 0 Å². The van der Waals surface area contributed by atoms with Gasteiger partial charge in [-0.2, -0.15) is 0 Å². The molecular formula is C33H60OSi2. The minimum atomic E-state index is -1.96. The molecule has 0 aromatic carbocycles. The van der Waals surface area contributed by atoms with E-state index in [1.54, 1.807) is 0 Å². The van der Waals surface area contributed by atoms with Crippen molar-refractivity contribution >= 4 is 16.1 Å². The van der Waals surface area contributed by atoms with E-state index in [1.165, 1.54) is 12.8 Å². The lowest BCUT2D eigenvalue weighted by Gasteiger charge is -2.41. The van der Waals surface area contributed by atoms with Crippen molar-refractivity contribution < 1.29 is 5.11 Å². The van der Waals surface area contributed by atoms with Gasteiger partial charge < -0.3 is 5.11 Å². The Balaban J connectivity index is 6.65. The SMILES string of the molecule is CCCC/C=C/C=C/C=C/C(O)(C#C[Si](C(C)C)(C(C)C)C(C)C)/C=C/[Si](C(C)C)(C(C)C)C(C)C. The zero-order chi connectivity index (χ0) is 28.2. The Morgan fingerprint density at radius 2 is 1.14 bits per heavy atom. The van der Waals surface area contributed by atoms with Gasteiger partial charge in [-0.25, -0.2) is 0 Å². The largest absolute Gasteiger partial charge is 0.370 e. The molecule has 0 heterocycles. The van der Waals surface area contributed by atoms with Crippen LogP contribution in [0.15, 0.2) is 48.2 Å². The summed E-state index contributed by atoms with van der Waals surface area (Å²) in [6.07, 6.45) is 17.8. The summed E-state index contributed by atoms with van der Waals surface area (Å²) in [5, 5.41) is 11.9. The summed E-state index contributed by atoms with van der Waals surface area (Å²) in [6, 6.07) is 0. The average molecular weight is 529 g/mol. The van der Waals surface area contributed by atoms with E-state index >= 15 is 0 Å². The predicted molar refractivity (Wildman–Crippen MR) is 171 cm³/mol. The second-order valence-electron chi connectivity index (χ2n) is 12.6. The quantitative estimate of drug-likeness (QED) is 0.103. The highest BCUT2D eigenvalue weighted by molar-refractivity contribution is 6.90. The fourth-order valence-electron chi connectivity index (χ4n) is 6.46. The van der Waals surface area contributed by atoms with Gasteiger partial charge in [0.2, 0.25) is 0 Å². The van der Waals surface area contributed by atoms with E-state index in [0.29, 0.717) is 33.2 Å². The molecule has 0 aliphatic heterocycles. The molecule has 1 atom stereocenters. The molecule has 0 rings (SSSR count). The number of allylic oxidation sites excluding steroid dienone is 5. The molecule has 0 aromatic rings. The second-order valence-corrected chi connectivity index (χ2v) is 24.0. The number of unbranched alkanes of at least 4 members (excludes halogenated alkanes) is 2. The fraction of sp³-hybridized carbons (Fsp3) is 0.697. The van der Waals surface area contributed by atoms with Crippen LogP contribution >= 0.6 is 0 Å². The van der Waals surface area contributed by atoms with E-state index in [1.807, 2.05) is 24.3 Å². The minimum Gasteiger partial charge on any atom is -0.370 e. The van der Waals surface area contributed by atoms with Gasteiger partial charge in [0, 0.05) is 0 Å². The molecule has 0 saturated carbocycles. The molecule has 0 radical (unpaired) electrons. The van der Waals surface area contributed by atoms with Crippen LogP contribution in [0.4, 0.5) is 0 Å². The Kier molecular flexibility index (Phi) is 15.5. The zero-order valence-electron chi connectivity index (χ0n) is 26.2. The van der Waals surface area contributed by atoms with Gasteiger partial charge in [0.1, 0.15) is 8.07 Å². The van der Waals surface area contributed by atoms with Crippen molar-refractivity contribution in [1.29, 1.82) is 0 Å². The maximum atomic E-state index is 11.9. The normalized spacial score (nSPS) is 15.8. The number of hydrogen-bond donors (Lipinski definition) is 1. The van der Waals surface area contributed by atoms with Crippen LogP contribution in [-0.2, 0) is 0 Å². The van der Waals surface area contributed by atoms with E-state index < -0.39 is 21.7 Å². The molecule has 0 aliphatic carbocycles. The van der Waals surface area contributed by atoms with Crippen molar-refractivity contribution in [3.05, 3.63) is 48.2 Å². The van der Waals surface area contributed by atoms with Gasteiger partial charge in [-0.15, -0.1) is 5.54 Å². The van der Waals surface area contributed by atoms with Crippen molar-refractivity contribution in [2.75, 3.05) is 0 Å².